The van der Waals surface area contributed by atoms with Crippen LogP contribution in [0, 0.1) is 0 Å². The molecule has 1 atom stereocenters. The quantitative estimate of drug-likeness (QED) is 0.397. The molecule has 2 aromatic heterocycles. The summed E-state index contributed by atoms with van der Waals surface area (Å²) in [6.07, 6.45) is -4.72. The highest BCUT2D eigenvalue weighted by atomic mass is 32.2. The Labute approximate surface area is 220 Å². The smallest absolute Gasteiger partial charge is 0.277 e. The number of hydrogen-bond donors (Lipinski definition) is 2. The number of likely N-dealkylation sites (tertiary alicyclic amines) is 1. The van der Waals surface area contributed by atoms with Crippen molar-refractivity contribution < 1.29 is 21.4 Å². The van der Waals surface area contributed by atoms with E-state index in [1.54, 1.807) is 0 Å². The van der Waals surface area contributed by atoms with Crippen LogP contribution in [-0.2, 0) is 23.4 Å². The lowest BCUT2D eigenvalue weighted by atomic mass is 10.1. The van der Waals surface area contributed by atoms with Crippen molar-refractivity contribution in [3.8, 4) is 17.1 Å². The van der Waals surface area contributed by atoms with E-state index >= 15 is 0 Å². The molecule has 1 unspecified atom stereocenters. The number of sulfonamides is 1. The summed E-state index contributed by atoms with van der Waals surface area (Å²) in [6, 6.07) is 3.55. The molecule has 0 amide bonds. The van der Waals surface area contributed by atoms with Crippen LogP contribution in [0.2, 0.25) is 0 Å². The first kappa shape index (κ1) is 19.4. The van der Waals surface area contributed by atoms with E-state index in [1.165, 1.54) is 25.2 Å². The largest absolute Gasteiger partial charge is 0.493 e. The van der Waals surface area contributed by atoms with Gasteiger partial charge in [-0.3, -0.25) is 9.48 Å². The molecule has 1 aromatic carbocycles. The Bertz CT molecular complexity index is 1640. The van der Waals surface area contributed by atoms with Crippen LogP contribution in [0.5, 0.6) is 5.75 Å². The van der Waals surface area contributed by atoms with E-state index in [4.69, 9.17) is 13.0 Å². The van der Waals surface area contributed by atoms with E-state index in [9.17, 15) is 13.2 Å². The van der Waals surface area contributed by atoms with Gasteiger partial charge in [-0.15, -0.1) is 0 Å². The van der Waals surface area contributed by atoms with Gasteiger partial charge in [0.15, 0.2) is 5.52 Å². The Morgan fingerprint density at radius 3 is 2.81 bits per heavy atom. The number of benzene rings is 1. The van der Waals surface area contributed by atoms with Crippen LogP contribution in [0.4, 0.5) is 0 Å². The number of fused-ring (bicyclic) bond motifs is 1. The van der Waals surface area contributed by atoms with Crippen molar-refractivity contribution >= 4 is 21.1 Å². The standard InChI is InChI=1S/C25H36N6O4S/c1-5-8-20-22-23(31(4)29-20)25(32)28-24(27-22)19-16-18(10-11-21(19)35-15-6-2)36(33,34)26-13-12-17-9-7-14-30(17)3/h10-11,16-17,26H,5-9,12-15H2,1-4H3,(H,27,28,32)/i5D2,8D2,12D2. The Morgan fingerprint density at radius 2 is 2.11 bits per heavy atom. The molecule has 1 fully saturated rings. The Hall–Kier alpha value is -2.76. The summed E-state index contributed by atoms with van der Waals surface area (Å²) in [6.45, 7) is 3.51. The van der Waals surface area contributed by atoms with Crippen molar-refractivity contribution in [3.05, 3.63) is 34.2 Å². The van der Waals surface area contributed by atoms with Crippen molar-refractivity contribution in [2.45, 2.75) is 63.2 Å². The van der Waals surface area contributed by atoms with Gasteiger partial charge >= 0.3 is 0 Å². The first-order chi connectivity index (χ1) is 19.4. The summed E-state index contributed by atoms with van der Waals surface area (Å²) in [5.74, 6) is 0.0840. The number of nitrogens with zero attached hydrogens (tertiary/aromatic N) is 4. The molecule has 1 saturated heterocycles. The molecular formula is C25H36N6O4S. The zero-order valence-electron chi connectivity index (χ0n) is 26.9. The van der Waals surface area contributed by atoms with Gasteiger partial charge < -0.3 is 14.6 Å². The fourth-order valence-corrected chi connectivity index (χ4v) is 5.18. The van der Waals surface area contributed by atoms with Gasteiger partial charge in [0.05, 0.1) is 22.8 Å². The van der Waals surface area contributed by atoms with Crippen LogP contribution in [0.25, 0.3) is 22.4 Å². The summed E-state index contributed by atoms with van der Waals surface area (Å²) in [4.78, 5) is 21.9. The Kier molecular flexibility index (Phi) is 5.97. The normalized spacial score (nSPS) is 20.4. The number of aryl methyl sites for hydroxylation is 2. The third-order valence-electron chi connectivity index (χ3n) is 6.03. The maximum Gasteiger partial charge on any atom is 0.277 e. The van der Waals surface area contributed by atoms with E-state index in [0.29, 0.717) is 12.8 Å². The molecule has 3 heterocycles. The molecule has 0 radical (unpaired) electrons. The highest BCUT2D eigenvalue weighted by Gasteiger charge is 2.23. The minimum absolute atomic E-state index is 0.0811. The van der Waals surface area contributed by atoms with Gasteiger partial charge in [0.25, 0.3) is 5.56 Å². The fourth-order valence-electron chi connectivity index (χ4n) is 4.22. The predicted molar refractivity (Wildman–Crippen MR) is 140 cm³/mol. The van der Waals surface area contributed by atoms with Gasteiger partial charge in [-0.25, -0.2) is 18.1 Å². The Balaban J connectivity index is 1.80. The number of hydrogen-bond acceptors (Lipinski definition) is 7. The summed E-state index contributed by atoms with van der Waals surface area (Å²) < 4.78 is 85.7. The summed E-state index contributed by atoms with van der Waals surface area (Å²) in [5.41, 5.74) is -1.22. The van der Waals surface area contributed by atoms with Crippen molar-refractivity contribution in [1.82, 2.24) is 29.4 Å². The molecule has 0 saturated carbocycles. The highest BCUT2D eigenvalue weighted by molar-refractivity contribution is 7.89. The molecule has 0 spiro atoms. The zero-order chi connectivity index (χ0) is 31.3. The monoisotopic (exact) mass is 522 g/mol. The van der Waals surface area contributed by atoms with Crippen LogP contribution < -0.4 is 15.0 Å². The van der Waals surface area contributed by atoms with E-state index < -0.39 is 47.3 Å². The topological polar surface area (TPSA) is 122 Å². The lowest BCUT2D eigenvalue weighted by Crippen LogP contribution is -2.31. The van der Waals surface area contributed by atoms with Gasteiger partial charge in [-0.1, -0.05) is 20.2 Å². The van der Waals surface area contributed by atoms with E-state index in [0.717, 1.165) is 24.6 Å². The van der Waals surface area contributed by atoms with Crippen molar-refractivity contribution in [3.63, 3.8) is 0 Å². The third-order valence-corrected chi connectivity index (χ3v) is 7.43. The Morgan fingerprint density at radius 1 is 1.31 bits per heavy atom. The van der Waals surface area contributed by atoms with E-state index in [-0.39, 0.29) is 45.4 Å². The molecule has 0 bridgehead atoms. The third kappa shape index (κ3) is 5.47. The summed E-state index contributed by atoms with van der Waals surface area (Å²) in [5, 5.41) is 4.08. The van der Waals surface area contributed by atoms with Crippen molar-refractivity contribution in [1.29, 1.82) is 0 Å². The molecule has 0 aliphatic carbocycles. The van der Waals surface area contributed by atoms with Crippen LogP contribution in [0.1, 0.15) is 59.8 Å². The minimum atomic E-state index is -4.22. The lowest BCUT2D eigenvalue weighted by molar-refractivity contribution is 0.297. The van der Waals surface area contributed by atoms with Crippen LogP contribution >= 0.6 is 0 Å². The first-order valence-electron chi connectivity index (χ1n) is 14.9. The van der Waals surface area contributed by atoms with Crippen LogP contribution in [0.15, 0.2) is 27.9 Å². The number of rotatable bonds is 11. The van der Waals surface area contributed by atoms with Gasteiger partial charge in [-0.2, -0.15) is 5.10 Å². The second-order valence-electron chi connectivity index (χ2n) is 8.63. The molecule has 196 valence electrons. The maximum absolute atomic E-state index is 13.3. The lowest BCUT2D eigenvalue weighted by Gasteiger charge is -2.19. The highest BCUT2D eigenvalue weighted by Crippen LogP contribution is 2.31. The SMILES string of the molecule is [2H]C([2H])(CNS(=O)(=O)c1ccc(OCCC)c(-c2nc3c(C([2H])([2H])C([2H])([2H])C)nn(C)c3c(=O)[nH]2)c1)C1CCCN1C. The van der Waals surface area contributed by atoms with Crippen molar-refractivity contribution in [2.24, 2.45) is 7.05 Å². The average molecular weight is 523 g/mol. The molecule has 10 nitrogen and oxygen atoms in total. The maximum atomic E-state index is 13.3. The fraction of sp³-hybridized carbons (Fsp3) is 0.560. The number of H-pyrrole nitrogens is 1. The number of nitrogens with one attached hydrogen (secondary N) is 2. The molecule has 1 aliphatic heterocycles. The van der Waals surface area contributed by atoms with Gasteiger partial charge in [0.1, 0.15) is 17.1 Å². The second kappa shape index (κ2) is 11.1. The van der Waals surface area contributed by atoms with Crippen molar-refractivity contribution in [2.75, 3.05) is 26.7 Å². The first-order valence-corrected chi connectivity index (χ1v) is 13.3. The summed E-state index contributed by atoms with van der Waals surface area (Å²) >= 11 is 0. The molecule has 1 aliphatic rings. The van der Waals surface area contributed by atoms with Gasteiger partial charge in [0.2, 0.25) is 10.0 Å². The zero-order valence-corrected chi connectivity index (χ0v) is 21.7. The average Bonchev–Trinajstić information content (AvgIpc) is 3.49. The molecule has 4 rings (SSSR count). The minimum Gasteiger partial charge on any atom is -0.493 e. The second-order valence-corrected chi connectivity index (χ2v) is 10.4. The van der Waals surface area contributed by atoms with Gasteiger partial charge in [-0.05, 0) is 63.8 Å². The molecule has 11 heteroatoms. The molecular weight excluding hydrogens is 480 g/mol. The van der Waals surface area contributed by atoms with Gasteiger partial charge in [0, 0.05) is 27.9 Å². The molecule has 36 heavy (non-hydrogen) atoms. The molecule has 3 aromatic rings. The number of ether oxygens (including phenoxy) is 1. The van der Waals surface area contributed by atoms with Crippen LogP contribution in [-0.4, -0.2) is 65.9 Å². The summed E-state index contributed by atoms with van der Waals surface area (Å²) in [7, 11) is -0.991. The van der Waals surface area contributed by atoms with E-state index in [2.05, 4.69) is 19.8 Å². The van der Waals surface area contributed by atoms with E-state index in [1.807, 2.05) is 18.9 Å². The number of aromatic amines is 1. The van der Waals surface area contributed by atoms with Crippen LogP contribution in [0.3, 0.4) is 0 Å². The number of aromatic nitrogens is 4. The predicted octanol–water partition coefficient (Wildman–Crippen LogP) is 2.83. The molecule has 2 N–H and O–H groups in total.